The van der Waals surface area contributed by atoms with Crippen LogP contribution in [0.2, 0.25) is 0 Å². The second kappa shape index (κ2) is 6.95. The van der Waals surface area contributed by atoms with Crippen molar-refractivity contribution in [3.05, 3.63) is 30.6 Å². The van der Waals surface area contributed by atoms with E-state index in [9.17, 15) is 4.79 Å². The van der Waals surface area contributed by atoms with Crippen LogP contribution in [0.5, 0.6) is 0 Å². The molecule has 1 saturated carbocycles. The molecule has 1 aliphatic rings. The Kier molecular flexibility index (Phi) is 5.50. The molecule has 2 rings (SSSR count). The van der Waals surface area contributed by atoms with Crippen molar-refractivity contribution in [3.8, 4) is 0 Å². The molecule has 4 N–H and O–H groups in total. The molecule has 0 spiro atoms. The summed E-state index contributed by atoms with van der Waals surface area (Å²) in [4.78, 5) is 14.4. The van der Waals surface area contributed by atoms with Crippen molar-refractivity contribution in [3.63, 3.8) is 0 Å². The largest absolute Gasteiger partial charge is 0.369 e. The maximum Gasteiger partial charge on any atom is 0.220 e. The Balaban J connectivity index is 0.000000181. The van der Waals surface area contributed by atoms with Crippen LogP contribution in [-0.4, -0.2) is 16.9 Å². The lowest BCUT2D eigenvalue weighted by Gasteiger charge is -2.23. The molecular formula is C12H19N3O. The first-order chi connectivity index (χ1) is 7.70. The standard InChI is InChI=1S/C7H14N2O.C5H5N/c8-6-3-1-5(2-4-6)7(9)10;1-2-4-6-5-3-1/h5-6H,1-4,8H2,(H2,9,10);1-5H. The Morgan fingerprint density at radius 1 is 1.06 bits per heavy atom. The first-order valence-electron chi connectivity index (χ1n) is 5.60. The van der Waals surface area contributed by atoms with Crippen molar-refractivity contribution < 1.29 is 4.79 Å². The number of pyridine rings is 1. The monoisotopic (exact) mass is 221 g/mol. The SMILES string of the molecule is NC(=O)C1CCC(N)CC1.c1ccncc1. The van der Waals surface area contributed by atoms with Crippen molar-refractivity contribution in [1.82, 2.24) is 4.98 Å². The quantitative estimate of drug-likeness (QED) is 0.744. The molecule has 0 unspecified atom stereocenters. The smallest absolute Gasteiger partial charge is 0.220 e. The van der Waals surface area contributed by atoms with Crippen LogP contribution in [0.15, 0.2) is 30.6 Å². The summed E-state index contributed by atoms with van der Waals surface area (Å²) >= 11 is 0. The van der Waals surface area contributed by atoms with Crippen LogP contribution >= 0.6 is 0 Å². The molecule has 4 heteroatoms. The van der Waals surface area contributed by atoms with Crippen molar-refractivity contribution in [2.75, 3.05) is 0 Å². The molecule has 0 bridgehead atoms. The molecule has 1 aromatic rings. The average Bonchev–Trinajstić information content (AvgIpc) is 2.32. The Bertz CT molecular complexity index is 268. The Morgan fingerprint density at radius 3 is 1.94 bits per heavy atom. The number of nitrogens with zero attached hydrogens (tertiary/aromatic N) is 1. The summed E-state index contributed by atoms with van der Waals surface area (Å²) in [6, 6.07) is 6.02. The predicted octanol–water partition coefficient (Wildman–Crippen LogP) is 1.07. The fraction of sp³-hybridized carbons (Fsp3) is 0.500. The molecule has 16 heavy (non-hydrogen) atoms. The molecule has 0 radical (unpaired) electrons. The van der Waals surface area contributed by atoms with Crippen LogP contribution < -0.4 is 11.5 Å². The van der Waals surface area contributed by atoms with E-state index in [1.165, 1.54) is 0 Å². The van der Waals surface area contributed by atoms with Gasteiger partial charge >= 0.3 is 0 Å². The molecule has 0 aliphatic heterocycles. The molecule has 0 atom stereocenters. The molecule has 0 aromatic carbocycles. The minimum Gasteiger partial charge on any atom is -0.369 e. The highest BCUT2D eigenvalue weighted by atomic mass is 16.1. The number of primary amides is 1. The van der Waals surface area contributed by atoms with E-state index in [1.54, 1.807) is 12.4 Å². The van der Waals surface area contributed by atoms with E-state index in [0.29, 0.717) is 6.04 Å². The molecule has 0 saturated heterocycles. The fourth-order valence-electron chi connectivity index (χ4n) is 1.72. The van der Waals surface area contributed by atoms with Crippen LogP contribution in [-0.2, 0) is 4.79 Å². The number of aromatic nitrogens is 1. The second-order valence-corrected chi connectivity index (χ2v) is 4.04. The van der Waals surface area contributed by atoms with Crippen LogP contribution in [0.1, 0.15) is 25.7 Å². The second-order valence-electron chi connectivity index (χ2n) is 4.04. The normalized spacial score (nSPS) is 24.1. The lowest BCUT2D eigenvalue weighted by Crippen LogP contribution is -2.32. The number of carbonyl (C=O) groups is 1. The van der Waals surface area contributed by atoms with Crippen molar-refractivity contribution in [2.45, 2.75) is 31.7 Å². The lowest BCUT2D eigenvalue weighted by atomic mass is 9.86. The van der Waals surface area contributed by atoms with Gasteiger partial charge in [0, 0.05) is 24.4 Å². The van der Waals surface area contributed by atoms with E-state index in [0.717, 1.165) is 25.7 Å². The number of hydrogen-bond donors (Lipinski definition) is 2. The number of hydrogen-bond acceptors (Lipinski definition) is 3. The number of rotatable bonds is 1. The zero-order valence-corrected chi connectivity index (χ0v) is 9.38. The van der Waals surface area contributed by atoms with Gasteiger partial charge in [-0.1, -0.05) is 6.07 Å². The lowest BCUT2D eigenvalue weighted by molar-refractivity contribution is -0.122. The van der Waals surface area contributed by atoms with Crippen LogP contribution in [0.4, 0.5) is 0 Å². The number of carbonyl (C=O) groups excluding carboxylic acids is 1. The summed E-state index contributed by atoms with van der Waals surface area (Å²) in [5, 5.41) is 0. The van der Waals surface area contributed by atoms with E-state index in [-0.39, 0.29) is 11.8 Å². The van der Waals surface area contributed by atoms with Gasteiger partial charge in [-0.25, -0.2) is 0 Å². The molecule has 1 fully saturated rings. The van der Waals surface area contributed by atoms with Gasteiger partial charge in [0.25, 0.3) is 0 Å². The van der Waals surface area contributed by atoms with Crippen LogP contribution in [0.3, 0.4) is 0 Å². The predicted molar refractivity (Wildman–Crippen MR) is 63.4 cm³/mol. The van der Waals surface area contributed by atoms with Gasteiger partial charge in [0.05, 0.1) is 0 Å². The molecule has 4 nitrogen and oxygen atoms in total. The zero-order valence-electron chi connectivity index (χ0n) is 9.38. The average molecular weight is 221 g/mol. The third-order valence-corrected chi connectivity index (χ3v) is 2.74. The van der Waals surface area contributed by atoms with Gasteiger partial charge in [0.1, 0.15) is 0 Å². The minimum absolute atomic E-state index is 0.0970. The van der Waals surface area contributed by atoms with Crippen LogP contribution in [0, 0.1) is 5.92 Å². The van der Waals surface area contributed by atoms with Gasteiger partial charge < -0.3 is 11.5 Å². The molecule has 1 amide bonds. The fourth-order valence-corrected chi connectivity index (χ4v) is 1.72. The van der Waals surface area contributed by atoms with E-state index >= 15 is 0 Å². The van der Waals surface area contributed by atoms with E-state index in [1.807, 2.05) is 18.2 Å². The molecule has 88 valence electrons. The number of amides is 1. The van der Waals surface area contributed by atoms with E-state index in [4.69, 9.17) is 11.5 Å². The molecule has 1 heterocycles. The maximum absolute atomic E-state index is 10.6. The van der Waals surface area contributed by atoms with Gasteiger partial charge in [-0.05, 0) is 37.8 Å². The van der Waals surface area contributed by atoms with E-state index < -0.39 is 0 Å². The van der Waals surface area contributed by atoms with Crippen molar-refractivity contribution >= 4 is 5.91 Å². The third kappa shape index (κ3) is 4.89. The van der Waals surface area contributed by atoms with Gasteiger partial charge in [-0.2, -0.15) is 0 Å². The highest BCUT2D eigenvalue weighted by molar-refractivity contribution is 5.76. The summed E-state index contributed by atoms with van der Waals surface area (Å²) in [6.45, 7) is 0. The summed E-state index contributed by atoms with van der Waals surface area (Å²) < 4.78 is 0. The van der Waals surface area contributed by atoms with Gasteiger partial charge in [-0.3, -0.25) is 9.78 Å². The third-order valence-electron chi connectivity index (χ3n) is 2.74. The summed E-state index contributed by atoms with van der Waals surface area (Å²) in [7, 11) is 0. The van der Waals surface area contributed by atoms with Crippen molar-refractivity contribution in [1.29, 1.82) is 0 Å². The Hall–Kier alpha value is -1.42. The Morgan fingerprint density at radius 2 is 1.62 bits per heavy atom. The maximum atomic E-state index is 10.6. The summed E-state index contributed by atoms with van der Waals surface area (Å²) in [5.74, 6) is -0.0632. The molecular weight excluding hydrogens is 202 g/mol. The van der Waals surface area contributed by atoms with Crippen molar-refractivity contribution in [2.24, 2.45) is 17.4 Å². The number of nitrogens with two attached hydrogens (primary N) is 2. The zero-order chi connectivity index (χ0) is 11.8. The van der Waals surface area contributed by atoms with Gasteiger partial charge in [-0.15, -0.1) is 0 Å². The Labute approximate surface area is 96.0 Å². The molecule has 1 aliphatic carbocycles. The highest BCUT2D eigenvalue weighted by Crippen LogP contribution is 2.22. The topological polar surface area (TPSA) is 82.0 Å². The van der Waals surface area contributed by atoms with Crippen LogP contribution in [0.25, 0.3) is 0 Å². The summed E-state index contributed by atoms with van der Waals surface area (Å²) in [5.41, 5.74) is 10.8. The van der Waals surface area contributed by atoms with Gasteiger partial charge in [0.15, 0.2) is 0 Å². The first kappa shape index (κ1) is 12.6. The van der Waals surface area contributed by atoms with Gasteiger partial charge in [0.2, 0.25) is 5.91 Å². The minimum atomic E-state index is -0.160. The molecule has 1 aromatic heterocycles. The summed E-state index contributed by atoms with van der Waals surface area (Å²) in [6.07, 6.45) is 7.17. The highest BCUT2D eigenvalue weighted by Gasteiger charge is 2.21. The van der Waals surface area contributed by atoms with E-state index in [2.05, 4.69) is 4.98 Å². The first-order valence-corrected chi connectivity index (χ1v) is 5.60.